The lowest BCUT2D eigenvalue weighted by molar-refractivity contribution is -0.124. The molecule has 0 spiro atoms. The van der Waals surface area contributed by atoms with Gasteiger partial charge in [-0.25, -0.2) is 4.79 Å². The van der Waals surface area contributed by atoms with Crippen LogP contribution in [0.4, 0.5) is 11.4 Å². The van der Waals surface area contributed by atoms with Gasteiger partial charge in [0.2, 0.25) is 0 Å². The summed E-state index contributed by atoms with van der Waals surface area (Å²) in [6, 6.07) is 17.3. The number of nitrogens with zero attached hydrogens (tertiary/aromatic N) is 2. The predicted molar refractivity (Wildman–Crippen MR) is 119 cm³/mol. The number of amides is 1. The highest BCUT2D eigenvalue weighted by Crippen LogP contribution is 2.17. The molecule has 2 aromatic carbocycles. The van der Waals surface area contributed by atoms with E-state index < -0.39 is 6.10 Å². The van der Waals surface area contributed by atoms with Crippen molar-refractivity contribution in [1.82, 2.24) is 4.90 Å². The Labute approximate surface area is 182 Å². The lowest BCUT2D eigenvalue weighted by Gasteiger charge is -2.35. The van der Waals surface area contributed by atoms with Crippen LogP contribution in [-0.2, 0) is 14.3 Å². The first-order valence-corrected chi connectivity index (χ1v) is 10.9. The normalized spacial score (nSPS) is 19.2. The fourth-order valence-corrected chi connectivity index (χ4v) is 3.95. The summed E-state index contributed by atoms with van der Waals surface area (Å²) in [5.41, 5.74) is 2.26. The number of hydrogen-bond donors (Lipinski definition) is 1. The van der Waals surface area contributed by atoms with Crippen molar-refractivity contribution in [2.24, 2.45) is 0 Å². The molecule has 0 bridgehead atoms. The number of carbonyl (C=O) groups is 2. The first kappa shape index (κ1) is 21.3. The average Bonchev–Trinajstić information content (AvgIpc) is 3.36. The fourth-order valence-electron chi connectivity index (χ4n) is 3.95. The van der Waals surface area contributed by atoms with Gasteiger partial charge in [-0.2, -0.15) is 0 Å². The summed E-state index contributed by atoms with van der Waals surface area (Å²) in [4.78, 5) is 29.3. The number of anilines is 2. The maximum absolute atomic E-state index is 12.4. The van der Waals surface area contributed by atoms with E-state index in [2.05, 4.69) is 39.4 Å². The van der Waals surface area contributed by atoms with Crippen molar-refractivity contribution in [3.63, 3.8) is 0 Å². The van der Waals surface area contributed by atoms with Crippen molar-refractivity contribution in [3.8, 4) is 0 Å². The summed E-state index contributed by atoms with van der Waals surface area (Å²) in [5, 5.41) is 2.82. The van der Waals surface area contributed by atoms with Gasteiger partial charge in [-0.05, 0) is 43.2 Å². The van der Waals surface area contributed by atoms with Crippen molar-refractivity contribution in [2.75, 3.05) is 56.2 Å². The van der Waals surface area contributed by atoms with Crippen molar-refractivity contribution in [2.45, 2.75) is 18.9 Å². The lowest BCUT2D eigenvalue weighted by atomic mass is 10.2. The molecule has 2 saturated heterocycles. The Morgan fingerprint density at radius 1 is 1.03 bits per heavy atom. The van der Waals surface area contributed by atoms with Crippen LogP contribution in [0.15, 0.2) is 54.6 Å². The largest absolute Gasteiger partial charge is 0.461 e. The van der Waals surface area contributed by atoms with Crippen LogP contribution in [0.1, 0.15) is 23.2 Å². The summed E-state index contributed by atoms with van der Waals surface area (Å²) in [6.45, 7) is 5.48. The Bertz CT molecular complexity index is 875. The summed E-state index contributed by atoms with van der Waals surface area (Å²) in [6.07, 6.45) is 1.22. The third-order valence-corrected chi connectivity index (χ3v) is 5.72. The molecule has 2 aliphatic heterocycles. The minimum atomic E-state index is -0.405. The number of rotatable bonds is 7. The molecule has 2 heterocycles. The van der Waals surface area contributed by atoms with Gasteiger partial charge in [-0.3, -0.25) is 9.69 Å². The van der Waals surface area contributed by atoms with Gasteiger partial charge >= 0.3 is 5.97 Å². The SMILES string of the molecule is O=C(OCCN1CCN(c2ccccc2)CC1)c1cccc(NC(=O)[C@H]2CCCO2)c1. The molecule has 2 aliphatic rings. The maximum atomic E-state index is 12.4. The third kappa shape index (κ3) is 5.83. The molecule has 1 atom stereocenters. The zero-order valence-corrected chi connectivity index (χ0v) is 17.7. The van der Waals surface area contributed by atoms with Crippen LogP contribution in [0.3, 0.4) is 0 Å². The Hall–Kier alpha value is -2.90. The first-order valence-electron chi connectivity index (χ1n) is 10.9. The van der Waals surface area contributed by atoms with E-state index in [0.717, 1.165) is 39.0 Å². The van der Waals surface area contributed by atoms with Gasteiger partial charge < -0.3 is 19.7 Å². The molecule has 4 rings (SSSR count). The standard InChI is InChI=1S/C24H29N3O4/c28-23(22-10-5-16-30-22)25-20-7-4-6-19(18-20)24(29)31-17-15-26-11-13-27(14-12-26)21-8-2-1-3-9-21/h1-4,6-9,18,22H,5,10-17H2,(H,25,28)/t22-/m1/s1. The number of carbonyl (C=O) groups excluding carboxylic acids is 2. The predicted octanol–water partition coefficient (Wildman–Crippen LogP) is 2.78. The molecule has 1 N–H and O–H groups in total. The number of ether oxygens (including phenoxy) is 2. The van der Waals surface area contributed by atoms with Crippen LogP contribution in [0, 0.1) is 0 Å². The second-order valence-corrected chi connectivity index (χ2v) is 7.87. The van der Waals surface area contributed by atoms with Gasteiger partial charge in [0.05, 0.1) is 5.56 Å². The molecule has 7 nitrogen and oxygen atoms in total. The van der Waals surface area contributed by atoms with Gasteiger partial charge in [0.25, 0.3) is 5.91 Å². The lowest BCUT2D eigenvalue weighted by Crippen LogP contribution is -2.47. The van der Waals surface area contributed by atoms with Crippen LogP contribution >= 0.6 is 0 Å². The van der Waals surface area contributed by atoms with Gasteiger partial charge in [-0.1, -0.05) is 24.3 Å². The number of benzene rings is 2. The molecular weight excluding hydrogens is 394 g/mol. The number of hydrogen-bond acceptors (Lipinski definition) is 6. The molecular formula is C24H29N3O4. The average molecular weight is 424 g/mol. The fraction of sp³-hybridized carbons (Fsp3) is 0.417. The van der Waals surface area contributed by atoms with Gasteiger partial charge in [0.15, 0.2) is 0 Å². The molecule has 1 amide bonds. The van der Waals surface area contributed by atoms with Crippen LogP contribution in [0.5, 0.6) is 0 Å². The summed E-state index contributed by atoms with van der Waals surface area (Å²) >= 11 is 0. The highest BCUT2D eigenvalue weighted by molar-refractivity contribution is 5.96. The summed E-state index contributed by atoms with van der Waals surface area (Å²) in [7, 11) is 0. The zero-order chi connectivity index (χ0) is 21.5. The molecule has 0 aliphatic carbocycles. The second kappa shape index (κ2) is 10.4. The minimum absolute atomic E-state index is 0.169. The molecule has 2 aromatic rings. The van der Waals surface area contributed by atoms with Crippen molar-refractivity contribution in [3.05, 3.63) is 60.2 Å². The van der Waals surface area contributed by atoms with E-state index in [4.69, 9.17) is 9.47 Å². The van der Waals surface area contributed by atoms with Crippen molar-refractivity contribution in [1.29, 1.82) is 0 Å². The van der Waals surface area contributed by atoms with Crippen molar-refractivity contribution < 1.29 is 19.1 Å². The van der Waals surface area contributed by atoms with Crippen LogP contribution in [-0.4, -0.2) is 68.8 Å². The third-order valence-electron chi connectivity index (χ3n) is 5.72. The smallest absolute Gasteiger partial charge is 0.338 e. The molecule has 31 heavy (non-hydrogen) atoms. The molecule has 0 unspecified atom stereocenters. The highest BCUT2D eigenvalue weighted by atomic mass is 16.5. The second-order valence-electron chi connectivity index (χ2n) is 7.87. The molecule has 7 heteroatoms. The molecule has 0 aromatic heterocycles. The van der Waals surface area contributed by atoms with E-state index in [1.165, 1.54) is 5.69 Å². The van der Waals surface area contributed by atoms with E-state index in [9.17, 15) is 9.59 Å². The maximum Gasteiger partial charge on any atom is 0.338 e. The van der Waals surface area contributed by atoms with E-state index in [-0.39, 0.29) is 11.9 Å². The summed E-state index contributed by atoms with van der Waals surface area (Å²) < 4.78 is 10.9. The topological polar surface area (TPSA) is 71.1 Å². The van der Waals surface area contributed by atoms with E-state index in [1.807, 2.05) is 6.07 Å². The molecule has 164 valence electrons. The quantitative estimate of drug-likeness (QED) is 0.691. The van der Waals surface area contributed by atoms with Crippen LogP contribution in [0.25, 0.3) is 0 Å². The monoisotopic (exact) mass is 423 g/mol. The van der Waals surface area contributed by atoms with Gasteiger partial charge in [-0.15, -0.1) is 0 Å². The number of para-hydroxylation sites is 1. The minimum Gasteiger partial charge on any atom is -0.461 e. The van der Waals surface area contributed by atoms with Crippen molar-refractivity contribution >= 4 is 23.3 Å². The van der Waals surface area contributed by atoms with E-state index >= 15 is 0 Å². The van der Waals surface area contributed by atoms with E-state index in [0.29, 0.717) is 31.0 Å². The molecule has 0 saturated carbocycles. The highest BCUT2D eigenvalue weighted by Gasteiger charge is 2.24. The number of esters is 1. The van der Waals surface area contributed by atoms with Gasteiger partial charge in [0.1, 0.15) is 12.7 Å². The Morgan fingerprint density at radius 3 is 2.58 bits per heavy atom. The first-order chi connectivity index (χ1) is 15.2. The molecule has 0 radical (unpaired) electrons. The Morgan fingerprint density at radius 2 is 1.84 bits per heavy atom. The Balaban J connectivity index is 1.20. The van der Waals surface area contributed by atoms with Gasteiger partial charge in [0, 0.05) is 50.7 Å². The van der Waals surface area contributed by atoms with E-state index in [1.54, 1.807) is 24.3 Å². The zero-order valence-electron chi connectivity index (χ0n) is 17.7. The van der Waals surface area contributed by atoms with Crippen LogP contribution < -0.4 is 10.2 Å². The Kier molecular flexibility index (Phi) is 7.17. The van der Waals surface area contributed by atoms with Crippen LogP contribution in [0.2, 0.25) is 0 Å². The number of piperazine rings is 1. The number of nitrogens with one attached hydrogen (secondary N) is 1. The summed E-state index contributed by atoms with van der Waals surface area (Å²) in [5.74, 6) is -0.547. The molecule has 2 fully saturated rings.